The van der Waals surface area contributed by atoms with Gasteiger partial charge in [0.2, 0.25) is 0 Å². The molecule has 0 saturated carbocycles. The summed E-state index contributed by atoms with van der Waals surface area (Å²) in [4.78, 5) is 22.5. The van der Waals surface area contributed by atoms with E-state index in [1.807, 2.05) is 0 Å². The van der Waals surface area contributed by atoms with E-state index in [1.165, 1.54) is 14.0 Å². The van der Waals surface area contributed by atoms with E-state index in [-0.39, 0.29) is 11.8 Å². The van der Waals surface area contributed by atoms with Crippen LogP contribution in [-0.2, 0) is 9.53 Å². The summed E-state index contributed by atoms with van der Waals surface area (Å²) < 4.78 is 4.59. The zero-order valence-electron chi connectivity index (χ0n) is 9.91. The molecule has 1 rings (SSSR count). The largest absolute Gasteiger partial charge is 0.467 e. The summed E-state index contributed by atoms with van der Waals surface area (Å²) in [5.74, 6) is -0.462. The van der Waals surface area contributed by atoms with Crippen molar-refractivity contribution in [3.05, 3.63) is 28.8 Å². The number of hydrogen-bond donors (Lipinski definition) is 1. The maximum absolute atomic E-state index is 11.2. The van der Waals surface area contributed by atoms with Crippen molar-refractivity contribution < 1.29 is 14.3 Å². The van der Waals surface area contributed by atoms with E-state index in [4.69, 9.17) is 11.6 Å². The van der Waals surface area contributed by atoms with Gasteiger partial charge in [-0.25, -0.2) is 4.79 Å². The minimum absolute atomic E-state index is 0.0822. The van der Waals surface area contributed by atoms with Gasteiger partial charge in [-0.15, -0.1) is 0 Å². The van der Waals surface area contributed by atoms with E-state index in [1.54, 1.807) is 25.1 Å². The van der Waals surface area contributed by atoms with Crippen LogP contribution in [0.2, 0.25) is 5.02 Å². The van der Waals surface area contributed by atoms with E-state index in [2.05, 4.69) is 10.1 Å². The third kappa shape index (κ3) is 3.75. The first-order valence-corrected chi connectivity index (χ1v) is 5.47. The Balaban J connectivity index is 2.91. The van der Waals surface area contributed by atoms with Gasteiger partial charge in [-0.05, 0) is 32.0 Å². The summed E-state index contributed by atoms with van der Waals surface area (Å²) in [6, 6.07) is 4.37. The molecule has 1 N–H and O–H groups in total. The molecule has 0 amide bonds. The Kier molecular flexibility index (Phi) is 4.52. The summed E-state index contributed by atoms with van der Waals surface area (Å²) in [5.41, 5.74) is 1.11. The molecule has 0 fully saturated rings. The van der Waals surface area contributed by atoms with Gasteiger partial charge in [0.1, 0.15) is 6.04 Å². The number of methoxy groups -OCH3 is 1. The number of benzene rings is 1. The topological polar surface area (TPSA) is 55.4 Å². The van der Waals surface area contributed by atoms with Gasteiger partial charge in [-0.2, -0.15) is 0 Å². The molecule has 0 saturated heterocycles. The SMILES string of the molecule is COC(=O)C(C)Nc1cc(Cl)cc(C(C)=O)c1. The van der Waals surface area contributed by atoms with Crippen molar-refractivity contribution in [1.29, 1.82) is 0 Å². The fraction of sp³-hybridized carbons (Fsp3) is 0.333. The molecular weight excluding hydrogens is 242 g/mol. The molecule has 0 aliphatic carbocycles. The average Bonchev–Trinajstić information content (AvgIpc) is 2.26. The quantitative estimate of drug-likeness (QED) is 0.664. The van der Waals surface area contributed by atoms with Crippen LogP contribution in [0.3, 0.4) is 0 Å². The van der Waals surface area contributed by atoms with Crippen molar-refractivity contribution in [3.63, 3.8) is 0 Å². The molecule has 0 aliphatic rings. The monoisotopic (exact) mass is 255 g/mol. The van der Waals surface area contributed by atoms with Gasteiger partial charge >= 0.3 is 5.97 Å². The number of rotatable bonds is 4. The van der Waals surface area contributed by atoms with Crippen LogP contribution in [0.1, 0.15) is 24.2 Å². The van der Waals surface area contributed by atoms with Crippen molar-refractivity contribution >= 4 is 29.0 Å². The number of ketones is 1. The maximum Gasteiger partial charge on any atom is 0.327 e. The van der Waals surface area contributed by atoms with Crippen molar-refractivity contribution in [3.8, 4) is 0 Å². The van der Waals surface area contributed by atoms with Crippen LogP contribution >= 0.6 is 11.6 Å². The summed E-state index contributed by atoms with van der Waals surface area (Å²) in [5, 5.41) is 3.36. The van der Waals surface area contributed by atoms with Crippen LogP contribution in [-0.4, -0.2) is 24.9 Å². The summed E-state index contributed by atoms with van der Waals surface area (Å²) >= 11 is 5.88. The van der Waals surface area contributed by atoms with Crippen LogP contribution in [0.25, 0.3) is 0 Å². The van der Waals surface area contributed by atoms with Crippen LogP contribution in [0, 0.1) is 0 Å². The molecule has 0 heterocycles. The standard InChI is InChI=1S/C12H14ClNO3/c1-7(12(16)17-3)14-11-5-9(8(2)15)4-10(13)6-11/h4-7,14H,1-3H3. The Hall–Kier alpha value is -1.55. The Morgan fingerprint density at radius 2 is 2.00 bits per heavy atom. The molecule has 0 radical (unpaired) electrons. The van der Waals surface area contributed by atoms with Crippen LogP contribution in [0.5, 0.6) is 0 Å². The highest BCUT2D eigenvalue weighted by Crippen LogP contribution is 2.20. The summed E-state index contributed by atoms with van der Waals surface area (Å²) in [6.45, 7) is 3.12. The third-order valence-corrected chi connectivity index (χ3v) is 2.46. The minimum atomic E-state index is -0.502. The predicted molar refractivity (Wildman–Crippen MR) is 66.6 cm³/mol. The van der Waals surface area contributed by atoms with Gasteiger partial charge < -0.3 is 10.1 Å². The molecule has 0 spiro atoms. The second-order valence-corrected chi connectivity index (χ2v) is 4.11. The molecule has 92 valence electrons. The maximum atomic E-state index is 11.2. The van der Waals surface area contributed by atoms with Crippen molar-refractivity contribution in [2.45, 2.75) is 19.9 Å². The number of Topliss-reactive ketones (excluding diaryl/α,β-unsaturated/α-hetero) is 1. The fourth-order valence-electron chi connectivity index (χ4n) is 1.36. The smallest absolute Gasteiger partial charge is 0.327 e. The Labute approximate surface area is 105 Å². The third-order valence-electron chi connectivity index (χ3n) is 2.24. The van der Waals surface area contributed by atoms with Gasteiger partial charge in [0.05, 0.1) is 7.11 Å². The molecule has 0 bridgehead atoms. The lowest BCUT2D eigenvalue weighted by molar-refractivity contribution is -0.141. The van der Waals surface area contributed by atoms with E-state index in [0.717, 1.165) is 0 Å². The molecule has 1 aromatic carbocycles. The van der Waals surface area contributed by atoms with Crippen LogP contribution in [0.15, 0.2) is 18.2 Å². The Morgan fingerprint density at radius 3 is 2.53 bits per heavy atom. The fourth-order valence-corrected chi connectivity index (χ4v) is 1.60. The van der Waals surface area contributed by atoms with Crippen molar-refractivity contribution in [2.24, 2.45) is 0 Å². The van der Waals surface area contributed by atoms with Gasteiger partial charge in [0.25, 0.3) is 0 Å². The van der Waals surface area contributed by atoms with Gasteiger partial charge in [-0.3, -0.25) is 4.79 Å². The van der Waals surface area contributed by atoms with Crippen LogP contribution in [0.4, 0.5) is 5.69 Å². The number of esters is 1. The molecule has 1 unspecified atom stereocenters. The second kappa shape index (κ2) is 5.68. The molecule has 1 atom stereocenters. The Morgan fingerprint density at radius 1 is 1.35 bits per heavy atom. The lowest BCUT2D eigenvalue weighted by atomic mass is 10.1. The lowest BCUT2D eigenvalue weighted by Crippen LogP contribution is -2.27. The molecule has 0 aromatic heterocycles. The van der Waals surface area contributed by atoms with Crippen LogP contribution < -0.4 is 5.32 Å². The number of carbonyl (C=O) groups excluding carboxylic acids is 2. The lowest BCUT2D eigenvalue weighted by Gasteiger charge is -2.13. The number of ether oxygens (including phenoxy) is 1. The molecule has 4 nitrogen and oxygen atoms in total. The number of anilines is 1. The first-order chi connectivity index (χ1) is 7.93. The van der Waals surface area contributed by atoms with E-state index >= 15 is 0 Å². The molecule has 0 aliphatic heterocycles. The first kappa shape index (κ1) is 13.5. The Bertz CT molecular complexity index is 445. The first-order valence-electron chi connectivity index (χ1n) is 5.10. The normalized spacial score (nSPS) is 11.8. The number of nitrogens with one attached hydrogen (secondary N) is 1. The average molecular weight is 256 g/mol. The van der Waals surface area contributed by atoms with E-state index in [9.17, 15) is 9.59 Å². The number of halogens is 1. The number of carbonyl (C=O) groups is 2. The number of hydrogen-bond acceptors (Lipinski definition) is 4. The van der Waals surface area contributed by atoms with Crippen molar-refractivity contribution in [2.75, 3.05) is 12.4 Å². The van der Waals surface area contributed by atoms with E-state index < -0.39 is 6.04 Å². The summed E-state index contributed by atoms with van der Waals surface area (Å²) in [6.07, 6.45) is 0. The van der Waals surface area contributed by atoms with Gasteiger partial charge in [0, 0.05) is 16.3 Å². The van der Waals surface area contributed by atoms with Gasteiger partial charge in [-0.1, -0.05) is 11.6 Å². The molecule has 5 heteroatoms. The second-order valence-electron chi connectivity index (χ2n) is 3.67. The highest BCUT2D eigenvalue weighted by molar-refractivity contribution is 6.31. The molecular formula is C12H14ClNO3. The summed E-state index contributed by atoms with van der Waals surface area (Å²) in [7, 11) is 1.32. The van der Waals surface area contributed by atoms with Crippen molar-refractivity contribution in [1.82, 2.24) is 0 Å². The highest BCUT2D eigenvalue weighted by atomic mass is 35.5. The highest BCUT2D eigenvalue weighted by Gasteiger charge is 2.13. The zero-order chi connectivity index (χ0) is 13.0. The zero-order valence-corrected chi connectivity index (χ0v) is 10.7. The molecule has 17 heavy (non-hydrogen) atoms. The minimum Gasteiger partial charge on any atom is -0.467 e. The van der Waals surface area contributed by atoms with E-state index in [0.29, 0.717) is 16.3 Å². The molecule has 1 aromatic rings. The predicted octanol–water partition coefficient (Wildman–Crippen LogP) is 2.52. The van der Waals surface area contributed by atoms with Gasteiger partial charge in [0.15, 0.2) is 5.78 Å².